The smallest absolute Gasteiger partial charge is 0.446 e. The van der Waals surface area contributed by atoms with Crippen LogP contribution in [0.3, 0.4) is 0 Å². The molecular formula is C9H10O6S. The lowest BCUT2D eigenvalue weighted by molar-refractivity contribution is 0.101. The predicted octanol–water partition coefficient (Wildman–Crippen LogP) is 1.08. The molecule has 0 fully saturated rings. The van der Waals surface area contributed by atoms with Gasteiger partial charge in [-0.3, -0.25) is 9.35 Å². The van der Waals surface area contributed by atoms with Crippen LogP contribution in [0.4, 0.5) is 0 Å². The molecule has 0 amide bonds. The highest BCUT2D eigenvalue weighted by molar-refractivity contribution is 7.81. The number of methoxy groups -OCH3 is 1. The van der Waals surface area contributed by atoms with Gasteiger partial charge >= 0.3 is 10.4 Å². The van der Waals surface area contributed by atoms with Gasteiger partial charge in [-0.15, -0.1) is 0 Å². The average molecular weight is 246 g/mol. The van der Waals surface area contributed by atoms with Crippen molar-refractivity contribution < 1.29 is 26.7 Å². The maximum absolute atomic E-state index is 11.2. The van der Waals surface area contributed by atoms with Crippen LogP contribution in [0, 0.1) is 0 Å². The number of ketones is 1. The Morgan fingerprint density at radius 1 is 1.38 bits per heavy atom. The number of benzene rings is 1. The van der Waals surface area contributed by atoms with Crippen LogP contribution in [-0.2, 0) is 10.4 Å². The third-order valence-electron chi connectivity index (χ3n) is 1.76. The molecule has 0 heterocycles. The minimum absolute atomic E-state index is 0.0402. The summed E-state index contributed by atoms with van der Waals surface area (Å²) >= 11 is 0. The van der Waals surface area contributed by atoms with Crippen LogP contribution in [0.1, 0.15) is 17.3 Å². The van der Waals surface area contributed by atoms with Crippen LogP contribution in [0.15, 0.2) is 18.2 Å². The lowest BCUT2D eigenvalue weighted by Crippen LogP contribution is -2.09. The van der Waals surface area contributed by atoms with Crippen LogP contribution in [0.2, 0.25) is 0 Å². The fourth-order valence-electron chi connectivity index (χ4n) is 1.10. The van der Waals surface area contributed by atoms with Crippen molar-refractivity contribution in [3.05, 3.63) is 23.8 Å². The van der Waals surface area contributed by atoms with Gasteiger partial charge in [0, 0.05) is 6.07 Å². The van der Waals surface area contributed by atoms with E-state index >= 15 is 0 Å². The second-order valence-electron chi connectivity index (χ2n) is 2.93. The summed E-state index contributed by atoms with van der Waals surface area (Å²) in [5.41, 5.74) is 0.0402. The first kappa shape index (κ1) is 12.5. The summed E-state index contributed by atoms with van der Waals surface area (Å²) in [5, 5.41) is 0. The van der Waals surface area contributed by atoms with E-state index in [1.54, 1.807) is 0 Å². The van der Waals surface area contributed by atoms with Gasteiger partial charge in [-0.2, -0.15) is 8.42 Å². The summed E-state index contributed by atoms with van der Waals surface area (Å²) in [5.74, 6) is -0.348. The van der Waals surface area contributed by atoms with Crippen molar-refractivity contribution in [3.63, 3.8) is 0 Å². The molecule has 0 spiro atoms. The zero-order valence-electron chi connectivity index (χ0n) is 8.63. The zero-order valence-corrected chi connectivity index (χ0v) is 9.45. The van der Waals surface area contributed by atoms with E-state index in [1.165, 1.54) is 32.2 Å². The van der Waals surface area contributed by atoms with Crippen molar-refractivity contribution in [1.29, 1.82) is 0 Å². The van der Waals surface area contributed by atoms with E-state index in [1.807, 2.05) is 0 Å². The van der Waals surface area contributed by atoms with Gasteiger partial charge in [0.25, 0.3) is 0 Å². The van der Waals surface area contributed by atoms with E-state index in [0.717, 1.165) is 0 Å². The molecule has 1 aromatic carbocycles. The van der Waals surface area contributed by atoms with Gasteiger partial charge < -0.3 is 8.92 Å². The van der Waals surface area contributed by atoms with Crippen LogP contribution < -0.4 is 8.92 Å². The average Bonchev–Trinajstić information content (AvgIpc) is 2.14. The first-order valence-electron chi connectivity index (χ1n) is 4.19. The highest BCUT2D eigenvalue weighted by Gasteiger charge is 2.15. The van der Waals surface area contributed by atoms with Crippen LogP contribution in [0.5, 0.6) is 11.5 Å². The first-order valence-corrected chi connectivity index (χ1v) is 5.56. The molecule has 0 aromatic heterocycles. The van der Waals surface area contributed by atoms with Crippen LogP contribution in [-0.4, -0.2) is 25.9 Å². The summed E-state index contributed by atoms with van der Waals surface area (Å²) < 4.78 is 38.8. The molecule has 0 saturated carbocycles. The maximum atomic E-state index is 11.2. The van der Waals surface area contributed by atoms with Crippen LogP contribution in [0.25, 0.3) is 0 Å². The molecule has 16 heavy (non-hydrogen) atoms. The fraction of sp³-hybridized carbons (Fsp3) is 0.222. The molecule has 1 rings (SSSR count). The van der Waals surface area contributed by atoms with Gasteiger partial charge in [0.05, 0.1) is 12.7 Å². The molecule has 88 valence electrons. The number of carbonyl (C=O) groups is 1. The second kappa shape index (κ2) is 4.50. The Hall–Kier alpha value is -1.60. The first-order chi connectivity index (χ1) is 7.33. The van der Waals surface area contributed by atoms with E-state index in [9.17, 15) is 13.2 Å². The summed E-state index contributed by atoms with van der Waals surface area (Å²) in [6.45, 7) is 1.25. The van der Waals surface area contributed by atoms with E-state index in [0.29, 0.717) is 5.75 Å². The highest BCUT2D eigenvalue weighted by Crippen LogP contribution is 2.26. The number of Topliss-reactive ketones (excluding diaryl/α,β-unsaturated/α-hetero) is 1. The summed E-state index contributed by atoms with van der Waals surface area (Å²) in [6, 6.07) is 4.03. The van der Waals surface area contributed by atoms with Crippen molar-refractivity contribution >= 4 is 16.2 Å². The summed E-state index contributed by atoms with van der Waals surface area (Å²) in [6.07, 6.45) is 0. The minimum atomic E-state index is -4.67. The quantitative estimate of drug-likeness (QED) is 0.631. The number of hydrogen-bond donors (Lipinski definition) is 1. The molecule has 7 heteroatoms. The Bertz CT molecular complexity index is 505. The van der Waals surface area contributed by atoms with Crippen molar-refractivity contribution in [3.8, 4) is 11.5 Å². The molecule has 1 N–H and O–H groups in total. The van der Waals surface area contributed by atoms with E-state index < -0.39 is 10.4 Å². The summed E-state index contributed by atoms with van der Waals surface area (Å²) in [4.78, 5) is 11.2. The Morgan fingerprint density at radius 2 is 2.00 bits per heavy atom. The highest BCUT2D eigenvalue weighted by atomic mass is 32.3. The fourth-order valence-corrected chi connectivity index (χ4v) is 1.47. The Kier molecular flexibility index (Phi) is 3.51. The maximum Gasteiger partial charge on any atom is 0.446 e. The number of carbonyl (C=O) groups excluding carboxylic acids is 1. The van der Waals surface area contributed by atoms with Crippen molar-refractivity contribution in [2.75, 3.05) is 7.11 Å². The molecule has 0 unspecified atom stereocenters. The molecule has 0 aliphatic rings. The van der Waals surface area contributed by atoms with Gasteiger partial charge in [0.1, 0.15) is 5.75 Å². The van der Waals surface area contributed by atoms with Gasteiger partial charge in [-0.25, -0.2) is 0 Å². The second-order valence-corrected chi connectivity index (χ2v) is 3.95. The Morgan fingerprint density at radius 3 is 2.44 bits per heavy atom. The minimum Gasteiger partial charge on any atom is -0.497 e. The van der Waals surface area contributed by atoms with Crippen molar-refractivity contribution in [2.24, 2.45) is 0 Å². The normalized spacial score (nSPS) is 10.9. The molecule has 0 aliphatic carbocycles. The lowest BCUT2D eigenvalue weighted by Gasteiger charge is -2.08. The lowest BCUT2D eigenvalue weighted by atomic mass is 10.1. The van der Waals surface area contributed by atoms with E-state index in [2.05, 4.69) is 4.18 Å². The monoisotopic (exact) mass is 246 g/mol. The Balaban J connectivity index is 3.26. The van der Waals surface area contributed by atoms with Crippen molar-refractivity contribution in [2.45, 2.75) is 6.92 Å². The zero-order chi connectivity index (χ0) is 12.3. The van der Waals surface area contributed by atoms with Gasteiger partial charge in [-0.05, 0) is 19.1 Å². The third-order valence-corrected chi connectivity index (χ3v) is 2.15. The largest absolute Gasteiger partial charge is 0.497 e. The molecule has 0 saturated heterocycles. The topological polar surface area (TPSA) is 89.9 Å². The molecule has 1 aromatic rings. The molecule has 0 bridgehead atoms. The predicted molar refractivity (Wildman–Crippen MR) is 55.2 cm³/mol. The summed E-state index contributed by atoms with van der Waals surface area (Å²) in [7, 11) is -3.29. The van der Waals surface area contributed by atoms with E-state index in [4.69, 9.17) is 9.29 Å². The van der Waals surface area contributed by atoms with Gasteiger partial charge in [0.2, 0.25) is 0 Å². The molecular weight excluding hydrogens is 236 g/mol. The van der Waals surface area contributed by atoms with Crippen molar-refractivity contribution in [1.82, 2.24) is 0 Å². The molecule has 0 atom stereocenters. The standard InChI is InChI=1S/C9H10O6S/c1-6(10)8-4-3-7(14-2)5-9(8)15-16(11,12)13/h3-5H,1-2H3,(H,11,12,13). The van der Waals surface area contributed by atoms with Crippen LogP contribution >= 0.6 is 0 Å². The number of ether oxygens (including phenoxy) is 1. The SMILES string of the molecule is COc1ccc(C(C)=O)c(OS(=O)(=O)O)c1. The molecule has 0 radical (unpaired) electrons. The number of hydrogen-bond acceptors (Lipinski definition) is 5. The van der Waals surface area contributed by atoms with Gasteiger partial charge in [-0.1, -0.05) is 0 Å². The van der Waals surface area contributed by atoms with Gasteiger partial charge in [0.15, 0.2) is 11.5 Å². The number of rotatable bonds is 4. The molecule has 0 aliphatic heterocycles. The third kappa shape index (κ3) is 3.21. The Labute approximate surface area is 92.8 Å². The van der Waals surface area contributed by atoms with E-state index in [-0.39, 0.29) is 17.1 Å². The molecule has 6 nitrogen and oxygen atoms in total.